The number of benzene rings is 2. The number of halogens is 3. The fraction of sp³-hybridized carbons (Fsp3) is 0.381. The van der Waals surface area contributed by atoms with Crippen molar-refractivity contribution in [1.29, 1.82) is 0 Å². The van der Waals surface area contributed by atoms with Gasteiger partial charge in [0.15, 0.2) is 0 Å². The van der Waals surface area contributed by atoms with Crippen molar-refractivity contribution >= 4 is 11.6 Å². The molecule has 1 aliphatic rings. The average molecular weight is 391 g/mol. The van der Waals surface area contributed by atoms with Crippen molar-refractivity contribution in [2.75, 3.05) is 32.1 Å². The zero-order valence-electron chi connectivity index (χ0n) is 15.9. The highest BCUT2D eigenvalue weighted by Gasteiger charge is 2.32. The van der Waals surface area contributed by atoms with Gasteiger partial charge in [0.05, 0.1) is 12.0 Å². The van der Waals surface area contributed by atoms with Gasteiger partial charge >= 0.3 is 6.18 Å². The molecule has 150 valence electrons. The Bertz CT molecular complexity index is 801. The Kier molecular flexibility index (Phi) is 5.93. The van der Waals surface area contributed by atoms with Crippen molar-refractivity contribution in [3.05, 3.63) is 65.2 Å². The number of nitrogens with one attached hydrogen (secondary N) is 2. The van der Waals surface area contributed by atoms with Gasteiger partial charge in [-0.05, 0) is 35.4 Å². The Morgan fingerprint density at radius 3 is 2.29 bits per heavy atom. The van der Waals surface area contributed by atoms with Gasteiger partial charge in [0.2, 0.25) is 5.91 Å². The number of hydrogen-bond donors (Lipinski definition) is 2. The topological polar surface area (TPSA) is 44.4 Å². The number of alkyl halides is 3. The highest BCUT2D eigenvalue weighted by molar-refractivity contribution is 5.79. The normalized spacial score (nSPS) is 19.5. The molecule has 0 aliphatic carbocycles. The summed E-state index contributed by atoms with van der Waals surface area (Å²) in [4.78, 5) is 14.4. The van der Waals surface area contributed by atoms with Crippen LogP contribution in [0.5, 0.6) is 0 Å². The molecular weight excluding hydrogens is 367 g/mol. The van der Waals surface area contributed by atoms with Gasteiger partial charge in [0.1, 0.15) is 0 Å². The third-order valence-corrected chi connectivity index (χ3v) is 5.04. The Balaban J connectivity index is 1.62. The van der Waals surface area contributed by atoms with E-state index in [9.17, 15) is 18.0 Å². The van der Waals surface area contributed by atoms with E-state index in [1.54, 1.807) is 0 Å². The summed E-state index contributed by atoms with van der Waals surface area (Å²) in [5.74, 6) is -0.148. The summed E-state index contributed by atoms with van der Waals surface area (Å²) in [7, 11) is 3.91. The molecule has 0 spiro atoms. The quantitative estimate of drug-likeness (QED) is 0.823. The Morgan fingerprint density at radius 1 is 1.07 bits per heavy atom. The molecule has 1 saturated heterocycles. The standard InChI is InChI=1S/C21H24F3N3O/c1-27(2)17-9-3-14(4-10-17)11-20(28)26-19-13-25-12-18(19)15-5-7-16(8-6-15)21(22,23)24/h3-10,18-19,25H,11-13H2,1-2H3,(H,26,28)/t18-,19+/m1/s1. The van der Waals surface area contributed by atoms with Crippen molar-refractivity contribution in [2.45, 2.75) is 24.6 Å². The van der Waals surface area contributed by atoms with E-state index < -0.39 is 11.7 Å². The van der Waals surface area contributed by atoms with Gasteiger partial charge in [-0.25, -0.2) is 0 Å². The highest BCUT2D eigenvalue weighted by atomic mass is 19.4. The highest BCUT2D eigenvalue weighted by Crippen LogP contribution is 2.31. The SMILES string of the molecule is CN(C)c1ccc(CC(=O)N[C@H]2CNC[C@@H]2c2ccc(C(F)(F)F)cc2)cc1. The number of nitrogens with zero attached hydrogens (tertiary/aromatic N) is 1. The van der Waals surface area contributed by atoms with Crippen LogP contribution >= 0.6 is 0 Å². The molecule has 2 N–H and O–H groups in total. The molecule has 0 unspecified atom stereocenters. The van der Waals surface area contributed by atoms with Gasteiger partial charge in [-0.3, -0.25) is 4.79 Å². The van der Waals surface area contributed by atoms with Crippen molar-refractivity contribution in [3.63, 3.8) is 0 Å². The van der Waals surface area contributed by atoms with Crippen molar-refractivity contribution < 1.29 is 18.0 Å². The minimum Gasteiger partial charge on any atom is -0.378 e. The van der Waals surface area contributed by atoms with Crippen LogP contribution in [0.1, 0.15) is 22.6 Å². The first-order valence-corrected chi connectivity index (χ1v) is 9.17. The number of anilines is 1. The summed E-state index contributed by atoms with van der Waals surface area (Å²) in [6.45, 7) is 1.21. The van der Waals surface area contributed by atoms with E-state index in [0.29, 0.717) is 13.1 Å². The molecule has 0 bridgehead atoms. The second kappa shape index (κ2) is 8.22. The van der Waals surface area contributed by atoms with E-state index in [-0.39, 0.29) is 24.3 Å². The third-order valence-electron chi connectivity index (χ3n) is 5.04. The summed E-state index contributed by atoms with van der Waals surface area (Å²) < 4.78 is 38.2. The second-order valence-corrected chi connectivity index (χ2v) is 7.30. The van der Waals surface area contributed by atoms with Crippen LogP contribution < -0.4 is 15.5 Å². The van der Waals surface area contributed by atoms with Gasteiger partial charge in [0.25, 0.3) is 0 Å². The summed E-state index contributed by atoms with van der Waals surface area (Å²) in [6.07, 6.45) is -4.08. The molecule has 0 saturated carbocycles. The Hall–Kier alpha value is -2.54. The minimum atomic E-state index is -4.35. The molecule has 1 fully saturated rings. The number of carbonyl (C=O) groups is 1. The maximum absolute atomic E-state index is 12.7. The maximum atomic E-state index is 12.7. The Labute approximate surface area is 162 Å². The molecule has 2 aromatic carbocycles. The first kappa shape index (κ1) is 20.2. The summed E-state index contributed by atoms with van der Waals surface area (Å²) >= 11 is 0. The van der Waals surface area contributed by atoms with E-state index in [0.717, 1.165) is 28.9 Å². The van der Waals surface area contributed by atoms with Crippen molar-refractivity contribution in [3.8, 4) is 0 Å². The van der Waals surface area contributed by atoms with Gasteiger partial charge in [0, 0.05) is 44.8 Å². The molecule has 7 heteroatoms. The van der Waals surface area contributed by atoms with E-state index in [4.69, 9.17) is 0 Å². The van der Waals surface area contributed by atoms with Crippen LogP contribution in [-0.4, -0.2) is 39.1 Å². The molecule has 2 aromatic rings. The Morgan fingerprint density at radius 2 is 1.71 bits per heavy atom. The summed E-state index contributed by atoms with van der Waals surface area (Å²) in [5.41, 5.74) is 2.11. The lowest BCUT2D eigenvalue weighted by Crippen LogP contribution is -2.40. The smallest absolute Gasteiger partial charge is 0.378 e. The van der Waals surface area contributed by atoms with E-state index >= 15 is 0 Å². The van der Waals surface area contributed by atoms with Gasteiger partial charge in [-0.15, -0.1) is 0 Å². The predicted molar refractivity (Wildman–Crippen MR) is 103 cm³/mol. The first-order valence-electron chi connectivity index (χ1n) is 9.17. The first-order chi connectivity index (χ1) is 13.2. The monoisotopic (exact) mass is 391 g/mol. The van der Waals surface area contributed by atoms with Crippen molar-refractivity contribution in [1.82, 2.24) is 10.6 Å². The second-order valence-electron chi connectivity index (χ2n) is 7.30. The summed E-state index contributed by atoms with van der Waals surface area (Å²) in [6, 6.07) is 12.8. The van der Waals surface area contributed by atoms with Crippen LogP contribution in [0, 0.1) is 0 Å². The molecule has 0 radical (unpaired) electrons. The third kappa shape index (κ3) is 4.84. The zero-order valence-corrected chi connectivity index (χ0v) is 15.9. The van der Waals surface area contributed by atoms with Crippen LogP contribution in [0.25, 0.3) is 0 Å². The molecule has 28 heavy (non-hydrogen) atoms. The lowest BCUT2D eigenvalue weighted by atomic mass is 9.93. The van der Waals surface area contributed by atoms with E-state index in [1.165, 1.54) is 12.1 Å². The molecule has 1 amide bonds. The van der Waals surface area contributed by atoms with Crippen LogP contribution in [0.4, 0.5) is 18.9 Å². The lowest BCUT2D eigenvalue weighted by molar-refractivity contribution is -0.137. The van der Waals surface area contributed by atoms with E-state index in [1.807, 2.05) is 43.3 Å². The van der Waals surface area contributed by atoms with Gasteiger partial charge in [-0.1, -0.05) is 24.3 Å². The molecular formula is C21H24F3N3O. The minimum absolute atomic E-state index is 0.0534. The molecule has 2 atom stereocenters. The van der Waals surface area contributed by atoms with Crippen LogP contribution in [-0.2, 0) is 17.4 Å². The summed E-state index contributed by atoms with van der Waals surface area (Å²) in [5, 5.41) is 6.24. The zero-order chi connectivity index (χ0) is 20.3. The molecule has 3 rings (SSSR count). The fourth-order valence-electron chi connectivity index (χ4n) is 3.46. The van der Waals surface area contributed by atoms with Gasteiger partial charge in [-0.2, -0.15) is 13.2 Å². The molecule has 0 aromatic heterocycles. The average Bonchev–Trinajstić information content (AvgIpc) is 3.09. The predicted octanol–water partition coefficient (Wildman–Crippen LogP) is 3.19. The number of rotatable bonds is 5. The molecule has 1 aliphatic heterocycles. The van der Waals surface area contributed by atoms with Crippen molar-refractivity contribution in [2.24, 2.45) is 0 Å². The van der Waals surface area contributed by atoms with Crippen LogP contribution in [0.3, 0.4) is 0 Å². The largest absolute Gasteiger partial charge is 0.416 e. The molecule has 1 heterocycles. The number of hydrogen-bond acceptors (Lipinski definition) is 3. The van der Waals surface area contributed by atoms with Crippen LogP contribution in [0.2, 0.25) is 0 Å². The number of carbonyl (C=O) groups excluding carboxylic acids is 1. The number of amides is 1. The molecule has 4 nitrogen and oxygen atoms in total. The van der Waals surface area contributed by atoms with Crippen LogP contribution in [0.15, 0.2) is 48.5 Å². The van der Waals surface area contributed by atoms with Gasteiger partial charge < -0.3 is 15.5 Å². The maximum Gasteiger partial charge on any atom is 0.416 e. The van der Waals surface area contributed by atoms with E-state index in [2.05, 4.69) is 10.6 Å². The fourth-order valence-corrected chi connectivity index (χ4v) is 3.46. The lowest BCUT2D eigenvalue weighted by Gasteiger charge is -2.21.